The molecule has 3 aromatic heterocycles. The van der Waals surface area contributed by atoms with Gasteiger partial charge in [0.2, 0.25) is 5.95 Å². The van der Waals surface area contributed by atoms with Crippen molar-refractivity contribution in [2.24, 2.45) is 7.05 Å². The summed E-state index contributed by atoms with van der Waals surface area (Å²) in [6.45, 7) is 2.83. The Kier molecular flexibility index (Phi) is 2.59. The van der Waals surface area contributed by atoms with Crippen molar-refractivity contribution in [2.75, 3.05) is 5.73 Å². The highest BCUT2D eigenvalue weighted by Crippen LogP contribution is 2.23. The van der Waals surface area contributed by atoms with Gasteiger partial charge in [0.25, 0.3) is 0 Å². The van der Waals surface area contributed by atoms with Crippen LogP contribution >= 0.6 is 11.3 Å². The van der Waals surface area contributed by atoms with Crippen LogP contribution in [0.5, 0.6) is 0 Å². The Balaban J connectivity index is 2.16. The van der Waals surface area contributed by atoms with Crippen molar-refractivity contribution in [1.82, 2.24) is 19.3 Å². The molecule has 0 aliphatic rings. The Hall–Kier alpha value is -1.82. The third kappa shape index (κ3) is 1.60. The number of aryl methyl sites for hydroxylation is 2. The summed E-state index contributed by atoms with van der Waals surface area (Å²) in [6, 6.07) is 4.15. The molecule has 94 valence electrons. The SMILES string of the molecule is CCc1nn(C)c2c1nc(N)n2Cc1cccs1. The molecule has 3 aromatic rings. The molecular weight excluding hydrogens is 246 g/mol. The van der Waals surface area contributed by atoms with Gasteiger partial charge < -0.3 is 5.73 Å². The van der Waals surface area contributed by atoms with Crippen LogP contribution in [0.3, 0.4) is 0 Å². The Bertz CT molecular complexity index is 677. The number of nitrogen functional groups attached to an aromatic ring is 1. The van der Waals surface area contributed by atoms with Crippen LogP contribution in [0.2, 0.25) is 0 Å². The molecule has 0 fully saturated rings. The number of rotatable bonds is 3. The topological polar surface area (TPSA) is 61.7 Å². The van der Waals surface area contributed by atoms with E-state index in [2.05, 4.69) is 28.5 Å². The molecule has 6 heteroatoms. The zero-order valence-corrected chi connectivity index (χ0v) is 11.2. The maximum Gasteiger partial charge on any atom is 0.202 e. The molecule has 18 heavy (non-hydrogen) atoms. The summed E-state index contributed by atoms with van der Waals surface area (Å²) in [5, 5.41) is 6.55. The lowest BCUT2D eigenvalue weighted by atomic mass is 10.3. The Labute approximate surface area is 109 Å². The number of nitrogens with two attached hydrogens (primary N) is 1. The first-order chi connectivity index (χ1) is 8.70. The van der Waals surface area contributed by atoms with Crippen molar-refractivity contribution in [3.8, 4) is 0 Å². The summed E-state index contributed by atoms with van der Waals surface area (Å²) in [4.78, 5) is 5.71. The first-order valence-electron chi connectivity index (χ1n) is 5.90. The van der Waals surface area contributed by atoms with E-state index in [0.717, 1.165) is 29.8 Å². The van der Waals surface area contributed by atoms with Gasteiger partial charge in [-0.05, 0) is 17.9 Å². The zero-order chi connectivity index (χ0) is 12.7. The van der Waals surface area contributed by atoms with Gasteiger partial charge in [-0.1, -0.05) is 13.0 Å². The van der Waals surface area contributed by atoms with Crippen LogP contribution in [0, 0.1) is 0 Å². The maximum atomic E-state index is 6.02. The van der Waals surface area contributed by atoms with Gasteiger partial charge in [0, 0.05) is 11.9 Å². The molecule has 2 N–H and O–H groups in total. The van der Waals surface area contributed by atoms with Crippen molar-refractivity contribution >= 4 is 28.4 Å². The molecule has 0 saturated carbocycles. The summed E-state index contributed by atoms with van der Waals surface area (Å²) in [5.41, 5.74) is 8.95. The van der Waals surface area contributed by atoms with E-state index in [0.29, 0.717) is 5.95 Å². The van der Waals surface area contributed by atoms with Crippen LogP contribution in [-0.4, -0.2) is 19.3 Å². The molecule has 0 aromatic carbocycles. The van der Waals surface area contributed by atoms with Crippen LogP contribution in [0.15, 0.2) is 17.5 Å². The summed E-state index contributed by atoms with van der Waals surface area (Å²) in [6.07, 6.45) is 0.868. The van der Waals surface area contributed by atoms with E-state index < -0.39 is 0 Å². The average Bonchev–Trinajstić information content (AvgIpc) is 3.01. The number of nitrogens with zero attached hydrogens (tertiary/aromatic N) is 4. The molecule has 0 bridgehead atoms. The van der Waals surface area contributed by atoms with Gasteiger partial charge in [-0.2, -0.15) is 5.10 Å². The van der Waals surface area contributed by atoms with Gasteiger partial charge >= 0.3 is 0 Å². The normalized spacial score (nSPS) is 11.4. The number of imidazole rings is 1. The van der Waals surface area contributed by atoms with E-state index >= 15 is 0 Å². The first-order valence-corrected chi connectivity index (χ1v) is 6.78. The molecule has 5 nitrogen and oxygen atoms in total. The lowest BCUT2D eigenvalue weighted by molar-refractivity contribution is 0.722. The third-order valence-electron chi connectivity index (χ3n) is 3.05. The minimum absolute atomic E-state index is 0.557. The molecule has 0 atom stereocenters. The Morgan fingerprint density at radius 1 is 1.44 bits per heavy atom. The van der Waals surface area contributed by atoms with Gasteiger partial charge in [0.1, 0.15) is 5.52 Å². The van der Waals surface area contributed by atoms with Crippen molar-refractivity contribution in [2.45, 2.75) is 19.9 Å². The number of thiophene rings is 1. The first kappa shape index (κ1) is 11.3. The summed E-state index contributed by atoms with van der Waals surface area (Å²) in [5.74, 6) is 0.557. The zero-order valence-electron chi connectivity index (χ0n) is 10.4. The molecule has 0 amide bonds. The van der Waals surface area contributed by atoms with E-state index in [1.807, 2.05) is 22.4 Å². The number of hydrogen-bond donors (Lipinski definition) is 1. The molecular formula is C12H15N5S. The van der Waals surface area contributed by atoms with Crippen molar-refractivity contribution < 1.29 is 0 Å². The van der Waals surface area contributed by atoms with Gasteiger partial charge in [0.15, 0.2) is 5.65 Å². The molecule has 0 spiro atoms. The van der Waals surface area contributed by atoms with Crippen molar-refractivity contribution in [1.29, 1.82) is 0 Å². The van der Waals surface area contributed by atoms with Gasteiger partial charge in [-0.25, -0.2) is 4.98 Å². The number of aromatic nitrogens is 4. The lowest BCUT2D eigenvalue weighted by Crippen LogP contribution is -2.07. The highest BCUT2D eigenvalue weighted by molar-refractivity contribution is 7.09. The number of anilines is 1. The van der Waals surface area contributed by atoms with Gasteiger partial charge in [-0.15, -0.1) is 11.3 Å². The highest BCUT2D eigenvalue weighted by atomic mass is 32.1. The molecule has 3 heterocycles. The van der Waals surface area contributed by atoms with Crippen LogP contribution in [-0.2, 0) is 20.0 Å². The van der Waals surface area contributed by atoms with Crippen LogP contribution in [0.25, 0.3) is 11.2 Å². The van der Waals surface area contributed by atoms with Crippen LogP contribution in [0.1, 0.15) is 17.5 Å². The van der Waals surface area contributed by atoms with E-state index in [4.69, 9.17) is 5.73 Å². The Morgan fingerprint density at radius 2 is 2.28 bits per heavy atom. The maximum absolute atomic E-state index is 6.02. The van der Waals surface area contributed by atoms with E-state index in [1.54, 1.807) is 11.3 Å². The largest absolute Gasteiger partial charge is 0.369 e. The molecule has 0 unspecified atom stereocenters. The molecule has 0 aliphatic carbocycles. The molecule has 3 rings (SSSR count). The summed E-state index contributed by atoms with van der Waals surface area (Å²) >= 11 is 1.72. The molecule has 0 aliphatic heterocycles. The van der Waals surface area contributed by atoms with Crippen molar-refractivity contribution in [3.05, 3.63) is 28.1 Å². The fourth-order valence-electron chi connectivity index (χ4n) is 2.21. The van der Waals surface area contributed by atoms with Gasteiger partial charge in [0.05, 0.1) is 12.2 Å². The quantitative estimate of drug-likeness (QED) is 0.784. The second-order valence-corrected chi connectivity index (χ2v) is 5.26. The highest BCUT2D eigenvalue weighted by Gasteiger charge is 2.17. The monoisotopic (exact) mass is 261 g/mol. The number of fused-ring (bicyclic) bond motifs is 1. The average molecular weight is 261 g/mol. The molecule has 0 radical (unpaired) electrons. The third-order valence-corrected chi connectivity index (χ3v) is 3.91. The Morgan fingerprint density at radius 3 is 2.94 bits per heavy atom. The summed E-state index contributed by atoms with van der Waals surface area (Å²) in [7, 11) is 1.94. The molecule has 0 saturated heterocycles. The smallest absolute Gasteiger partial charge is 0.202 e. The minimum atomic E-state index is 0.557. The number of hydrogen-bond acceptors (Lipinski definition) is 4. The van der Waals surface area contributed by atoms with E-state index in [1.165, 1.54) is 4.88 Å². The van der Waals surface area contributed by atoms with E-state index in [9.17, 15) is 0 Å². The van der Waals surface area contributed by atoms with Crippen molar-refractivity contribution in [3.63, 3.8) is 0 Å². The predicted octanol–water partition coefficient (Wildman–Crippen LogP) is 2.02. The predicted molar refractivity (Wildman–Crippen MR) is 73.7 cm³/mol. The van der Waals surface area contributed by atoms with Gasteiger partial charge in [-0.3, -0.25) is 9.25 Å². The second kappa shape index (κ2) is 4.13. The standard InChI is InChI=1S/C12H15N5S/c1-3-9-10-11(16(2)15-9)17(12(13)14-10)7-8-5-4-6-18-8/h4-6H,3,7H2,1-2H3,(H2,13,14). The minimum Gasteiger partial charge on any atom is -0.369 e. The fraction of sp³-hybridized carbons (Fsp3) is 0.333. The fourth-order valence-corrected chi connectivity index (χ4v) is 2.90. The summed E-state index contributed by atoms with van der Waals surface area (Å²) < 4.78 is 3.89. The second-order valence-electron chi connectivity index (χ2n) is 4.23. The van der Waals surface area contributed by atoms with Crippen LogP contribution < -0.4 is 5.73 Å². The van der Waals surface area contributed by atoms with Crippen LogP contribution in [0.4, 0.5) is 5.95 Å². The lowest BCUT2D eigenvalue weighted by Gasteiger charge is -2.04. The van der Waals surface area contributed by atoms with E-state index in [-0.39, 0.29) is 0 Å².